The van der Waals surface area contributed by atoms with Crippen molar-refractivity contribution in [2.45, 2.75) is 0 Å². The van der Waals surface area contributed by atoms with E-state index in [-0.39, 0.29) is 0 Å². The van der Waals surface area contributed by atoms with Crippen LogP contribution in [0.2, 0.25) is 0 Å². The van der Waals surface area contributed by atoms with Gasteiger partial charge in [0.15, 0.2) is 7.14 Å². The van der Waals surface area contributed by atoms with Crippen molar-refractivity contribution in [1.82, 2.24) is 0 Å². The Morgan fingerprint density at radius 2 is 0.917 bits per heavy atom. The van der Waals surface area contributed by atoms with E-state index in [0.29, 0.717) is 38.2 Å². The van der Waals surface area contributed by atoms with Crippen LogP contribution in [0.1, 0.15) is 11.1 Å². The van der Waals surface area contributed by atoms with Gasteiger partial charge in [-0.05, 0) is 113 Å². The highest BCUT2D eigenvalue weighted by Gasteiger charge is 2.49. The molecule has 0 radical (unpaired) electrons. The Kier molecular flexibility index (Phi) is 6.45. The molecule has 0 amide bonds. The third-order valence-corrected chi connectivity index (χ3v) is 15.5. The highest BCUT2D eigenvalue weighted by molar-refractivity contribution is 7.86. The summed E-state index contributed by atoms with van der Waals surface area (Å²) in [7, 11) is -3.76. The van der Waals surface area contributed by atoms with Crippen molar-refractivity contribution in [3.05, 3.63) is 175 Å². The zero-order valence-corrected chi connectivity index (χ0v) is 32.4. The first-order chi connectivity index (χ1) is 29.5. The van der Waals surface area contributed by atoms with Gasteiger partial charge >= 0.3 is 0 Å². The Labute approximate surface area is 342 Å². The monoisotopic (exact) mass is 786 g/mol. The molecule has 9 aromatic carbocycles. The molecule has 0 spiro atoms. The van der Waals surface area contributed by atoms with E-state index in [1.54, 1.807) is 0 Å². The highest BCUT2D eigenvalue weighted by atomic mass is 31.2. The van der Waals surface area contributed by atoms with Gasteiger partial charge in [0.2, 0.25) is 0 Å². The van der Waals surface area contributed by atoms with Crippen molar-refractivity contribution in [2.75, 3.05) is 9.80 Å². The third kappa shape index (κ3) is 4.23. The zero-order valence-electron chi connectivity index (χ0n) is 31.5. The number of fused-ring (bicyclic) bond motifs is 14. The summed E-state index contributed by atoms with van der Waals surface area (Å²) in [5, 5.41) is 29.7. The summed E-state index contributed by atoms with van der Waals surface area (Å²) in [5.41, 5.74) is 8.59. The summed E-state index contributed by atoms with van der Waals surface area (Å²) in [6, 6.07) is 58.7. The van der Waals surface area contributed by atoms with Gasteiger partial charge in [-0.25, -0.2) is 0 Å². The Balaban J connectivity index is 1.20. The van der Waals surface area contributed by atoms with Crippen molar-refractivity contribution in [3.63, 3.8) is 0 Å². The van der Waals surface area contributed by atoms with Gasteiger partial charge in [0, 0.05) is 49.6 Å². The van der Waals surface area contributed by atoms with Gasteiger partial charge in [-0.3, -0.25) is 0 Å². The fraction of sp³-hybridized carbons (Fsp3) is 0. The lowest BCUT2D eigenvalue weighted by molar-refractivity contribution is 0.592. The predicted molar refractivity (Wildman–Crippen MR) is 241 cm³/mol. The number of anilines is 6. The SMILES string of the molecule is N#Cc1ccc(N2c3cc4c(cc3P3(=O)c5cc6c(cc5N(c5ccc(C#N)cc5)c5cccc2c53)oc2ccc3ccccc3c26)oc2ccc3ccccc3c24)cc1. The van der Waals surface area contributed by atoms with E-state index in [2.05, 4.69) is 70.5 Å². The van der Waals surface area contributed by atoms with Crippen LogP contribution >= 0.6 is 7.14 Å². The molecule has 7 nitrogen and oxygen atoms in total. The molecule has 0 aliphatic carbocycles. The molecule has 4 heterocycles. The molecule has 2 aliphatic rings. The molecule has 0 saturated heterocycles. The summed E-state index contributed by atoms with van der Waals surface area (Å²) in [4.78, 5) is 4.32. The second-order valence-electron chi connectivity index (χ2n) is 15.4. The quantitative estimate of drug-likeness (QED) is 0.161. The van der Waals surface area contributed by atoms with Gasteiger partial charge in [-0.1, -0.05) is 66.7 Å². The summed E-state index contributed by atoms with van der Waals surface area (Å²) >= 11 is 0. The third-order valence-electron chi connectivity index (χ3n) is 12.4. The Morgan fingerprint density at radius 1 is 0.433 bits per heavy atom. The summed E-state index contributed by atoms with van der Waals surface area (Å²) in [6.45, 7) is 0. The molecule has 13 rings (SSSR count). The van der Waals surface area contributed by atoms with Crippen molar-refractivity contribution < 1.29 is 13.4 Å². The number of rotatable bonds is 2. The molecule has 0 fully saturated rings. The van der Waals surface area contributed by atoms with Crippen molar-refractivity contribution in [3.8, 4) is 12.1 Å². The lowest BCUT2D eigenvalue weighted by atomic mass is 10.0. The predicted octanol–water partition coefficient (Wildman–Crippen LogP) is 12.7. The number of hydrogen-bond acceptors (Lipinski definition) is 7. The molecule has 278 valence electrons. The minimum Gasteiger partial charge on any atom is -0.456 e. The maximum absolute atomic E-state index is 17.3. The fourth-order valence-electron chi connectivity index (χ4n) is 9.76. The standard InChI is InChI=1S/C52H27N4O3P/c53-28-30-12-18-34(19-13-30)55-40-10-5-11-41-52(40)60(57,49-27-47-38(24-42(49)55)50-36-8-3-1-6-32(36)16-22-44(50)59-47)48-25-39-46(26-43(48)56(41)35-20-14-31(29-54)15-21-35)58-45-23-17-33-7-2-4-9-37(33)51(39)45/h1-27H. The second-order valence-corrected chi connectivity index (χ2v) is 18.1. The van der Waals surface area contributed by atoms with E-state index in [1.165, 1.54) is 0 Å². The number of furan rings is 2. The minimum atomic E-state index is -3.76. The Bertz CT molecular complexity index is 3850. The lowest BCUT2D eigenvalue weighted by Crippen LogP contribution is -2.43. The molecule has 8 heteroatoms. The van der Waals surface area contributed by atoms with Crippen LogP contribution in [0.25, 0.3) is 65.4 Å². The maximum atomic E-state index is 17.3. The van der Waals surface area contributed by atoms with Crippen molar-refractivity contribution >= 4 is 123 Å². The molecule has 2 aromatic heterocycles. The van der Waals surface area contributed by atoms with Crippen LogP contribution in [0.3, 0.4) is 0 Å². The van der Waals surface area contributed by atoms with Gasteiger partial charge in [0.1, 0.15) is 22.3 Å². The van der Waals surface area contributed by atoms with Crippen LogP contribution in [-0.4, -0.2) is 0 Å². The second kappa shape index (κ2) is 11.7. The average molecular weight is 787 g/mol. The lowest BCUT2D eigenvalue weighted by Gasteiger charge is -2.44. The molecule has 1 unspecified atom stereocenters. The first-order valence-corrected chi connectivity index (χ1v) is 21.3. The first-order valence-electron chi connectivity index (χ1n) is 19.6. The number of nitriles is 2. The van der Waals surface area contributed by atoms with E-state index in [1.807, 2.05) is 115 Å². The molecule has 0 saturated carbocycles. The van der Waals surface area contributed by atoms with E-state index >= 15 is 4.57 Å². The largest absolute Gasteiger partial charge is 0.456 e. The van der Waals surface area contributed by atoms with Gasteiger partial charge in [-0.15, -0.1) is 0 Å². The van der Waals surface area contributed by atoms with Gasteiger partial charge in [-0.2, -0.15) is 10.5 Å². The topological polar surface area (TPSA) is 97.4 Å². The maximum Gasteiger partial charge on any atom is 0.179 e. The fourth-order valence-corrected chi connectivity index (χ4v) is 13.1. The minimum absolute atomic E-state index is 0.542. The van der Waals surface area contributed by atoms with Crippen LogP contribution in [0.15, 0.2) is 173 Å². The van der Waals surface area contributed by atoms with Gasteiger partial charge in [0.25, 0.3) is 0 Å². The number of hydrogen-bond donors (Lipinski definition) is 0. The van der Waals surface area contributed by atoms with E-state index in [0.717, 1.165) is 88.4 Å². The molecule has 1 atom stereocenters. The van der Waals surface area contributed by atoms with Crippen molar-refractivity contribution in [2.24, 2.45) is 0 Å². The van der Waals surface area contributed by atoms with E-state index < -0.39 is 7.14 Å². The molecular weight excluding hydrogens is 760 g/mol. The van der Waals surface area contributed by atoms with Crippen LogP contribution in [0.5, 0.6) is 0 Å². The molecule has 0 N–H and O–H groups in total. The van der Waals surface area contributed by atoms with Gasteiger partial charge in [0.05, 0.1) is 51.3 Å². The van der Waals surface area contributed by atoms with Crippen molar-refractivity contribution in [1.29, 1.82) is 10.5 Å². The van der Waals surface area contributed by atoms with Crippen LogP contribution in [0, 0.1) is 22.7 Å². The molecule has 2 aliphatic heterocycles. The molecule has 60 heavy (non-hydrogen) atoms. The van der Waals surface area contributed by atoms with Gasteiger partial charge < -0.3 is 23.2 Å². The van der Waals surface area contributed by atoms with E-state index in [9.17, 15) is 10.5 Å². The first kappa shape index (κ1) is 32.9. The van der Waals surface area contributed by atoms with Crippen LogP contribution in [0.4, 0.5) is 34.1 Å². The summed E-state index contributed by atoms with van der Waals surface area (Å²) in [6.07, 6.45) is 0. The Morgan fingerprint density at radius 3 is 1.47 bits per heavy atom. The average Bonchev–Trinajstić information content (AvgIpc) is 3.86. The number of benzene rings is 9. The summed E-state index contributed by atoms with van der Waals surface area (Å²) in [5.74, 6) is 0. The molecule has 11 aromatic rings. The summed E-state index contributed by atoms with van der Waals surface area (Å²) < 4.78 is 30.7. The van der Waals surface area contributed by atoms with Crippen LogP contribution < -0.4 is 25.7 Å². The highest BCUT2D eigenvalue weighted by Crippen LogP contribution is 2.62. The number of nitrogens with zero attached hydrogens (tertiary/aromatic N) is 4. The zero-order chi connectivity index (χ0) is 39.9. The molecule has 0 bridgehead atoms. The smallest absolute Gasteiger partial charge is 0.179 e. The molecular formula is C52H27N4O3P. The van der Waals surface area contributed by atoms with Crippen LogP contribution in [-0.2, 0) is 4.57 Å². The van der Waals surface area contributed by atoms with E-state index in [4.69, 9.17) is 8.83 Å². The normalized spacial score (nSPS) is 15.4. The Hall–Kier alpha value is -8.09.